The zero-order valence-corrected chi connectivity index (χ0v) is 13.2. The minimum atomic E-state index is -0.213. The minimum absolute atomic E-state index is 0.213. The molecule has 0 bridgehead atoms. The van der Waals surface area contributed by atoms with Crippen LogP contribution in [0.15, 0.2) is 30.7 Å². The van der Waals surface area contributed by atoms with Crippen molar-refractivity contribution in [2.45, 2.75) is 6.54 Å². The molecule has 0 aromatic carbocycles. The third-order valence-electron chi connectivity index (χ3n) is 3.06. The smallest absolute Gasteiger partial charge is 0.260 e. The molecule has 3 heterocycles. The Balaban J connectivity index is 1.68. The summed E-state index contributed by atoms with van der Waals surface area (Å²) in [6.07, 6.45) is 5.02. The molecule has 114 valence electrons. The highest BCUT2D eigenvalue weighted by molar-refractivity contribution is 7.21. The van der Waals surface area contributed by atoms with Crippen LogP contribution in [0, 0.1) is 0 Å². The van der Waals surface area contributed by atoms with Gasteiger partial charge >= 0.3 is 0 Å². The first-order chi connectivity index (χ1) is 10.6. The van der Waals surface area contributed by atoms with Crippen molar-refractivity contribution in [2.24, 2.45) is 0 Å². The molecule has 0 unspecified atom stereocenters. The zero-order valence-electron chi connectivity index (χ0n) is 12.4. The number of thiazole rings is 1. The molecule has 1 N–H and O–H groups in total. The van der Waals surface area contributed by atoms with Gasteiger partial charge in [0.05, 0.1) is 18.3 Å². The predicted octanol–water partition coefficient (Wildman–Crippen LogP) is 1.70. The van der Waals surface area contributed by atoms with Crippen molar-refractivity contribution >= 4 is 32.7 Å². The van der Waals surface area contributed by atoms with Crippen LogP contribution in [0.3, 0.4) is 0 Å². The fourth-order valence-corrected chi connectivity index (χ4v) is 2.70. The third-order valence-corrected chi connectivity index (χ3v) is 3.95. The van der Waals surface area contributed by atoms with Crippen LogP contribution in [-0.4, -0.2) is 51.2 Å². The summed E-state index contributed by atoms with van der Waals surface area (Å²) in [4.78, 5) is 23.6. The topological polar surface area (TPSA) is 75.9 Å². The fourth-order valence-electron chi connectivity index (χ4n) is 1.90. The number of fused-ring (bicyclic) bond motifs is 1. The van der Waals surface area contributed by atoms with Crippen LogP contribution in [0.5, 0.6) is 0 Å². The molecule has 3 aromatic heterocycles. The minimum Gasteiger partial charge on any atom is -0.308 e. The van der Waals surface area contributed by atoms with Gasteiger partial charge < -0.3 is 4.90 Å². The summed E-state index contributed by atoms with van der Waals surface area (Å²) < 4.78 is 1.76. The van der Waals surface area contributed by atoms with E-state index in [1.54, 1.807) is 23.3 Å². The number of rotatable bonds is 5. The predicted molar refractivity (Wildman–Crippen MR) is 86.1 cm³/mol. The van der Waals surface area contributed by atoms with Crippen molar-refractivity contribution in [3.8, 4) is 0 Å². The van der Waals surface area contributed by atoms with Crippen molar-refractivity contribution in [1.29, 1.82) is 0 Å². The zero-order chi connectivity index (χ0) is 15.5. The lowest BCUT2D eigenvalue weighted by molar-refractivity contribution is 0.102. The van der Waals surface area contributed by atoms with Crippen LogP contribution in [0.2, 0.25) is 0 Å². The maximum atomic E-state index is 12.2. The number of amides is 1. The lowest BCUT2D eigenvalue weighted by atomic mass is 10.3. The van der Waals surface area contributed by atoms with Crippen molar-refractivity contribution in [1.82, 2.24) is 24.6 Å². The number of hydrogen-bond acceptors (Lipinski definition) is 6. The Hall–Kier alpha value is -2.32. The molecule has 0 saturated heterocycles. The first kappa shape index (κ1) is 14.6. The highest BCUT2D eigenvalue weighted by Gasteiger charge is 2.12. The molecule has 0 atom stereocenters. The second-order valence-electron chi connectivity index (χ2n) is 5.10. The van der Waals surface area contributed by atoms with E-state index in [0.717, 1.165) is 23.4 Å². The van der Waals surface area contributed by atoms with Gasteiger partial charge in [-0.3, -0.25) is 14.8 Å². The first-order valence-corrected chi connectivity index (χ1v) is 7.63. The van der Waals surface area contributed by atoms with Gasteiger partial charge in [0, 0.05) is 18.9 Å². The molecular weight excluding hydrogens is 300 g/mol. The molecule has 0 radical (unpaired) electrons. The highest BCUT2D eigenvalue weighted by Crippen LogP contribution is 2.23. The molecule has 22 heavy (non-hydrogen) atoms. The van der Waals surface area contributed by atoms with E-state index in [2.05, 4.69) is 25.3 Å². The number of nitrogens with one attached hydrogen (secondary N) is 1. The van der Waals surface area contributed by atoms with Gasteiger partial charge in [0.25, 0.3) is 5.91 Å². The van der Waals surface area contributed by atoms with Crippen LogP contribution >= 0.6 is 11.3 Å². The molecule has 0 aliphatic carbocycles. The first-order valence-electron chi connectivity index (χ1n) is 6.82. The summed E-state index contributed by atoms with van der Waals surface area (Å²) in [6, 6.07) is 3.69. The third kappa shape index (κ3) is 3.29. The number of pyridine rings is 1. The average molecular weight is 316 g/mol. The molecule has 0 aliphatic heterocycles. The van der Waals surface area contributed by atoms with Gasteiger partial charge in [-0.1, -0.05) is 11.3 Å². The van der Waals surface area contributed by atoms with Crippen LogP contribution in [0.1, 0.15) is 10.4 Å². The average Bonchev–Trinajstić information content (AvgIpc) is 3.11. The van der Waals surface area contributed by atoms with Gasteiger partial charge in [0.2, 0.25) is 0 Å². The Morgan fingerprint density at radius 1 is 1.45 bits per heavy atom. The van der Waals surface area contributed by atoms with Gasteiger partial charge in [0.15, 0.2) is 5.13 Å². The van der Waals surface area contributed by atoms with Crippen LogP contribution < -0.4 is 5.32 Å². The summed E-state index contributed by atoms with van der Waals surface area (Å²) in [7, 11) is 4.00. The van der Waals surface area contributed by atoms with E-state index in [1.165, 1.54) is 11.3 Å². The summed E-state index contributed by atoms with van der Waals surface area (Å²) in [5.41, 5.74) is 1.30. The second-order valence-corrected chi connectivity index (χ2v) is 6.07. The van der Waals surface area contributed by atoms with Gasteiger partial charge in [-0.05, 0) is 26.2 Å². The lowest BCUT2D eigenvalue weighted by Gasteiger charge is -2.08. The fraction of sp³-hybridized carbons (Fsp3) is 0.286. The Morgan fingerprint density at radius 2 is 2.32 bits per heavy atom. The monoisotopic (exact) mass is 316 g/mol. The molecular formula is C14H16N6OS. The molecule has 8 heteroatoms. The highest BCUT2D eigenvalue weighted by atomic mass is 32.1. The molecule has 0 saturated carbocycles. The summed E-state index contributed by atoms with van der Waals surface area (Å²) in [6.45, 7) is 1.61. The molecule has 3 aromatic rings. The number of carbonyl (C=O) groups is 1. The van der Waals surface area contributed by atoms with E-state index >= 15 is 0 Å². The molecule has 1 amide bonds. The largest absolute Gasteiger partial charge is 0.308 e. The molecule has 0 spiro atoms. The van der Waals surface area contributed by atoms with Crippen LogP contribution in [-0.2, 0) is 6.54 Å². The summed E-state index contributed by atoms with van der Waals surface area (Å²) in [5, 5.41) is 7.53. The van der Waals surface area contributed by atoms with Gasteiger partial charge in [-0.25, -0.2) is 9.97 Å². The number of carbonyl (C=O) groups excluding carboxylic acids is 1. The van der Waals surface area contributed by atoms with E-state index in [1.807, 2.05) is 26.2 Å². The normalized spacial score (nSPS) is 11.2. The summed E-state index contributed by atoms with van der Waals surface area (Å²) >= 11 is 1.35. The Morgan fingerprint density at radius 3 is 3.09 bits per heavy atom. The number of aromatic nitrogens is 4. The van der Waals surface area contributed by atoms with E-state index in [0.29, 0.717) is 10.7 Å². The number of likely N-dealkylation sites (N-methyl/N-ethyl adjacent to an activating group) is 1. The van der Waals surface area contributed by atoms with Crippen molar-refractivity contribution in [3.63, 3.8) is 0 Å². The summed E-state index contributed by atoms with van der Waals surface area (Å²) in [5.74, 6) is -0.213. The Bertz CT molecular complexity index is 760. The lowest BCUT2D eigenvalue weighted by Crippen LogP contribution is -2.18. The van der Waals surface area contributed by atoms with Gasteiger partial charge in [-0.2, -0.15) is 5.10 Å². The van der Waals surface area contributed by atoms with Gasteiger partial charge in [-0.15, -0.1) is 0 Å². The quantitative estimate of drug-likeness (QED) is 0.775. The van der Waals surface area contributed by atoms with Crippen LogP contribution in [0.25, 0.3) is 10.3 Å². The van der Waals surface area contributed by atoms with Crippen LogP contribution in [0.4, 0.5) is 5.13 Å². The second kappa shape index (κ2) is 6.20. The van der Waals surface area contributed by atoms with Crippen molar-refractivity contribution in [3.05, 3.63) is 36.3 Å². The molecule has 7 nitrogen and oxygen atoms in total. The number of hydrogen-bond donors (Lipinski definition) is 1. The Labute approximate surface area is 131 Å². The van der Waals surface area contributed by atoms with E-state index < -0.39 is 0 Å². The van der Waals surface area contributed by atoms with E-state index in [9.17, 15) is 4.79 Å². The SMILES string of the molecule is CN(C)CCn1cc(C(=O)Nc2nc3cccnc3s2)cn1. The number of nitrogens with zero attached hydrogens (tertiary/aromatic N) is 5. The van der Waals surface area contributed by atoms with Gasteiger partial charge in [0.1, 0.15) is 10.3 Å². The maximum Gasteiger partial charge on any atom is 0.260 e. The van der Waals surface area contributed by atoms with Crippen molar-refractivity contribution in [2.75, 3.05) is 26.0 Å². The Kier molecular flexibility index (Phi) is 4.12. The molecule has 0 aliphatic rings. The van der Waals surface area contributed by atoms with E-state index in [4.69, 9.17) is 0 Å². The van der Waals surface area contributed by atoms with E-state index in [-0.39, 0.29) is 5.91 Å². The number of anilines is 1. The molecule has 3 rings (SSSR count). The maximum absolute atomic E-state index is 12.2. The standard InChI is InChI=1S/C14H16N6OS/c1-19(2)6-7-20-9-10(8-16-20)12(21)18-14-17-11-4-3-5-15-13(11)22-14/h3-5,8-9H,6-7H2,1-2H3,(H,17,18,21). The van der Waals surface area contributed by atoms with Crippen molar-refractivity contribution < 1.29 is 4.79 Å². The molecule has 0 fully saturated rings.